The molecule has 42 heavy (non-hydrogen) atoms. The largest absolute Gasteiger partial charge is 0.438 e. The van der Waals surface area contributed by atoms with E-state index < -0.39 is 16.6 Å². The van der Waals surface area contributed by atoms with E-state index in [4.69, 9.17) is 4.74 Å². The van der Waals surface area contributed by atoms with Crippen molar-refractivity contribution < 1.29 is 23.6 Å². The first-order valence-electron chi connectivity index (χ1n) is 12.7. The summed E-state index contributed by atoms with van der Waals surface area (Å²) in [4.78, 5) is 46.1. The second-order valence-corrected chi connectivity index (χ2v) is 9.05. The Kier molecular flexibility index (Phi) is 8.24. The maximum absolute atomic E-state index is 14.9. The van der Waals surface area contributed by atoms with E-state index in [0.29, 0.717) is 22.4 Å². The Bertz CT molecular complexity index is 1740. The number of ether oxygens (including phenoxy) is 1. The van der Waals surface area contributed by atoms with Gasteiger partial charge in [-0.3, -0.25) is 19.7 Å². The van der Waals surface area contributed by atoms with Crippen LogP contribution in [0.3, 0.4) is 0 Å². The van der Waals surface area contributed by atoms with Crippen LogP contribution in [0.1, 0.15) is 32.0 Å². The van der Waals surface area contributed by atoms with Crippen LogP contribution in [0.4, 0.5) is 10.1 Å². The molecule has 12 heteroatoms. The molecule has 0 saturated carbocycles. The number of hydrogen-bond acceptors (Lipinski definition) is 7. The molecule has 210 valence electrons. The second kappa shape index (κ2) is 12.5. The van der Waals surface area contributed by atoms with Crippen LogP contribution < -0.4 is 15.4 Å². The molecule has 0 radical (unpaired) electrons. The Balaban J connectivity index is 1.19. The van der Waals surface area contributed by atoms with Gasteiger partial charge >= 0.3 is 0 Å². The van der Waals surface area contributed by atoms with Crippen LogP contribution in [0, 0.1) is 15.9 Å². The van der Waals surface area contributed by atoms with Gasteiger partial charge in [-0.2, -0.15) is 0 Å². The summed E-state index contributed by atoms with van der Waals surface area (Å²) in [6, 6.07) is 20.5. The minimum absolute atomic E-state index is 0.00522. The monoisotopic (exact) mass is 566 g/mol. The molecule has 0 aliphatic rings. The average molecular weight is 567 g/mol. The van der Waals surface area contributed by atoms with E-state index in [9.17, 15) is 24.1 Å². The lowest BCUT2D eigenvalue weighted by atomic mass is 10.0. The molecular formula is C30H23FN6O5. The summed E-state index contributed by atoms with van der Waals surface area (Å²) >= 11 is 0. The number of rotatable bonds is 10. The van der Waals surface area contributed by atoms with Crippen molar-refractivity contribution in [2.24, 2.45) is 0 Å². The summed E-state index contributed by atoms with van der Waals surface area (Å²) in [7, 11) is 0. The summed E-state index contributed by atoms with van der Waals surface area (Å²) in [5.41, 5.74) is 2.75. The van der Waals surface area contributed by atoms with E-state index in [2.05, 4.69) is 25.6 Å². The molecule has 3 N–H and O–H groups in total. The van der Waals surface area contributed by atoms with Gasteiger partial charge in [0.15, 0.2) is 0 Å². The molecule has 0 aliphatic carbocycles. The number of nitrogens with zero attached hydrogens (tertiary/aromatic N) is 3. The van der Waals surface area contributed by atoms with Crippen molar-refractivity contribution in [1.29, 1.82) is 0 Å². The van der Waals surface area contributed by atoms with Crippen molar-refractivity contribution in [3.63, 3.8) is 0 Å². The van der Waals surface area contributed by atoms with Crippen molar-refractivity contribution >= 4 is 17.5 Å². The molecule has 0 spiro atoms. The van der Waals surface area contributed by atoms with Gasteiger partial charge in [0.2, 0.25) is 5.88 Å². The summed E-state index contributed by atoms with van der Waals surface area (Å²) in [5.74, 6) is -1.04. The summed E-state index contributed by atoms with van der Waals surface area (Å²) in [5, 5.41) is 16.6. The van der Waals surface area contributed by atoms with Crippen LogP contribution >= 0.6 is 0 Å². The van der Waals surface area contributed by atoms with Crippen molar-refractivity contribution in [3.8, 4) is 22.8 Å². The Morgan fingerprint density at radius 1 is 0.929 bits per heavy atom. The zero-order valence-electron chi connectivity index (χ0n) is 21.9. The number of H-pyrrole nitrogens is 1. The third-order valence-corrected chi connectivity index (χ3v) is 6.21. The van der Waals surface area contributed by atoms with Crippen LogP contribution in [-0.2, 0) is 13.1 Å². The highest BCUT2D eigenvalue weighted by atomic mass is 19.1. The number of carbonyl (C=O) groups excluding carboxylic acids is 2. The minimum atomic E-state index is -0.542. The Morgan fingerprint density at radius 2 is 1.69 bits per heavy atom. The standard InChI is InChI=1S/C30H23FN6O5/c31-26-13-20(16-35-29(39)27-17-32-18-36-27)8-11-24(26)21-9-6-19(7-10-21)15-34-28(38)25-5-2-12-33-30(25)42-23-4-1-3-22(14-23)37(40)41/h1-14,17-18H,15-16H2,(H,32,36)(H,34,38)(H,35,39). The van der Waals surface area contributed by atoms with Gasteiger partial charge in [-0.05, 0) is 41.0 Å². The van der Waals surface area contributed by atoms with Gasteiger partial charge < -0.3 is 20.4 Å². The molecule has 2 aromatic heterocycles. The van der Waals surface area contributed by atoms with E-state index in [0.717, 1.165) is 5.56 Å². The normalized spacial score (nSPS) is 10.6. The highest BCUT2D eigenvalue weighted by molar-refractivity contribution is 5.96. The maximum Gasteiger partial charge on any atom is 0.273 e. The molecule has 0 aliphatic heterocycles. The third kappa shape index (κ3) is 6.62. The highest BCUT2D eigenvalue weighted by Crippen LogP contribution is 2.27. The molecule has 0 bridgehead atoms. The molecule has 0 unspecified atom stereocenters. The molecular weight excluding hydrogens is 543 g/mol. The molecule has 5 aromatic rings. The molecule has 11 nitrogen and oxygen atoms in total. The van der Waals surface area contributed by atoms with Crippen LogP contribution in [0.2, 0.25) is 0 Å². The fraction of sp³-hybridized carbons (Fsp3) is 0.0667. The Morgan fingerprint density at radius 3 is 2.43 bits per heavy atom. The zero-order valence-corrected chi connectivity index (χ0v) is 21.9. The SMILES string of the molecule is O=C(NCc1ccc(-c2ccc(CNC(=O)c3cccnc3Oc3cccc([N+](=O)[O-])c3)cc2)c(F)c1)c1cnc[nH]1. The van der Waals surface area contributed by atoms with E-state index in [1.807, 2.05) is 0 Å². The predicted octanol–water partition coefficient (Wildman–Crippen LogP) is 5.17. The molecule has 0 fully saturated rings. The lowest BCUT2D eigenvalue weighted by Crippen LogP contribution is -2.23. The number of halogens is 1. The quantitative estimate of drug-likeness (QED) is 0.156. The zero-order chi connectivity index (χ0) is 29.5. The number of pyridine rings is 1. The van der Waals surface area contributed by atoms with E-state index in [1.165, 1.54) is 55.1 Å². The predicted molar refractivity (Wildman–Crippen MR) is 150 cm³/mol. The van der Waals surface area contributed by atoms with Crippen LogP contribution in [0.5, 0.6) is 11.6 Å². The topological polar surface area (TPSA) is 152 Å². The van der Waals surface area contributed by atoms with Crippen molar-refractivity contribution in [2.45, 2.75) is 13.1 Å². The molecule has 5 rings (SSSR count). The van der Waals surface area contributed by atoms with Crippen molar-refractivity contribution in [3.05, 3.63) is 136 Å². The maximum atomic E-state index is 14.9. The number of carbonyl (C=O) groups is 2. The fourth-order valence-electron chi connectivity index (χ4n) is 4.06. The van der Waals surface area contributed by atoms with Gasteiger partial charge in [0.05, 0.1) is 23.5 Å². The number of aromatic nitrogens is 3. The van der Waals surface area contributed by atoms with E-state index in [-0.39, 0.29) is 41.9 Å². The van der Waals surface area contributed by atoms with E-state index in [1.54, 1.807) is 42.5 Å². The van der Waals surface area contributed by atoms with Crippen LogP contribution in [0.25, 0.3) is 11.1 Å². The highest BCUT2D eigenvalue weighted by Gasteiger charge is 2.16. The van der Waals surface area contributed by atoms with Crippen LogP contribution in [0.15, 0.2) is 97.6 Å². The van der Waals surface area contributed by atoms with Crippen LogP contribution in [-0.4, -0.2) is 31.7 Å². The van der Waals surface area contributed by atoms with E-state index >= 15 is 0 Å². The number of hydrogen-bond donors (Lipinski definition) is 3. The molecule has 2 amide bonds. The first-order chi connectivity index (χ1) is 20.4. The minimum Gasteiger partial charge on any atom is -0.438 e. The molecule has 0 atom stereocenters. The Labute approximate surface area is 238 Å². The van der Waals surface area contributed by atoms with Gasteiger partial charge in [0.1, 0.15) is 22.8 Å². The number of benzene rings is 3. The van der Waals surface area contributed by atoms with Gasteiger partial charge in [-0.25, -0.2) is 14.4 Å². The fourth-order valence-corrected chi connectivity index (χ4v) is 4.06. The number of aromatic amines is 1. The number of nitro benzene ring substituents is 1. The first-order valence-corrected chi connectivity index (χ1v) is 12.7. The number of imidazole rings is 1. The average Bonchev–Trinajstić information content (AvgIpc) is 3.55. The summed E-state index contributed by atoms with van der Waals surface area (Å²) in [6.45, 7) is 0.338. The van der Waals surface area contributed by atoms with Gasteiger partial charge in [0, 0.05) is 30.9 Å². The lowest BCUT2D eigenvalue weighted by molar-refractivity contribution is -0.384. The number of amides is 2. The van der Waals surface area contributed by atoms with Gasteiger partial charge in [-0.1, -0.05) is 42.5 Å². The number of nitrogens with one attached hydrogen (secondary N) is 3. The first kappa shape index (κ1) is 27.6. The second-order valence-electron chi connectivity index (χ2n) is 9.05. The smallest absolute Gasteiger partial charge is 0.273 e. The van der Waals surface area contributed by atoms with Gasteiger partial charge in [0.25, 0.3) is 17.5 Å². The molecule has 3 aromatic carbocycles. The van der Waals surface area contributed by atoms with Gasteiger partial charge in [-0.15, -0.1) is 0 Å². The Hall–Kier alpha value is -5.91. The number of non-ortho nitro benzene ring substituents is 1. The third-order valence-electron chi connectivity index (χ3n) is 6.21. The van der Waals surface area contributed by atoms with Crippen molar-refractivity contribution in [2.75, 3.05) is 0 Å². The number of nitro groups is 1. The molecule has 2 heterocycles. The lowest BCUT2D eigenvalue weighted by Gasteiger charge is -2.11. The summed E-state index contributed by atoms with van der Waals surface area (Å²) in [6.07, 6.45) is 4.26. The summed E-state index contributed by atoms with van der Waals surface area (Å²) < 4.78 is 20.6. The molecule has 0 saturated heterocycles. The van der Waals surface area contributed by atoms with Crippen molar-refractivity contribution in [1.82, 2.24) is 25.6 Å².